The highest BCUT2D eigenvalue weighted by Gasteiger charge is 1.69. The van der Waals surface area contributed by atoms with Gasteiger partial charge < -0.3 is 21.9 Å². The van der Waals surface area contributed by atoms with Crippen molar-refractivity contribution in [3.8, 4) is 0 Å². The predicted molar refractivity (Wildman–Crippen MR) is 25.7 cm³/mol. The van der Waals surface area contributed by atoms with E-state index in [0.29, 0.717) is 5.48 Å². The molecule has 0 saturated carbocycles. The van der Waals surface area contributed by atoms with Gasteiger partial charge in [-0.15, -0.1) is 0 Å². The Balaban J connectivity index is 0. The summed E-state index contributed by atoms with van der Waals surface area (Å²) in [6.07, 6.45) is 0. The first kappa shape index (κ1) is 9.24. The quantitative estimate of drug-likeness (QED) is 0.265. The molecular formula is CH6N2O2S. The van der Waals surface area contributed by atoms with E-state index in [-0.39, 0.29) is 10.6 Å². The molecule has 0 unspecified atom stereocenters. The van der Waals surface area contributed by atoms with Gasteiger partial charge in [-0.05, 0) is 0 Å². The highest BCUT2D eigenvalue weighted by atomic mass is 32.1. The molecular weight excluding hydrogens is 104 g/mol. The Morgan fingerprint density at radius 3 is 2.00 bits per heavy atom. The van der Waals surface area contributed by atoms with Crippen LogP contribution >= 0.6 is 12.2 Å². The Hall–Kier alpha value is -0.230. The highest BCUT2D eigenvalue weighted by Crippen LogP contribution is 1.31. The Morgan fingerprint density at radius 1 is 1.83 bits per heavy atom. The largest absolute Gasteiger partial charge is 0.629 e. The van der Waals surface area contributed by atoms with Crippen molar-refractivity contribution in [3.05, 3.63) is 5.21 Å². The summed E-state index contributed by atoms with van der Waals surface area (Å²) in [5, 5.41) is 9.15. The number of hydrogen-bond acceptors (Lipinski definition) is 2. The fourth-order valence-corrected chi connectivity index (χ4v) is 0. The maximum Gasteiger partial charge on any atom is 0.263 e. The molecule has 0 amide bonds. The monoisotopic (exact) mass is 110 g/mol. The van der Waals surface area contributed by atoms with Crippen LogP contribution in [0.15, 0.2) is 0 Å². The van der Waals surface area contributed by atoms with Gasteiger partial charge in [0.1, 0.15) is 0 Å². The fourth-order valence-electron chi connectivity index (χ4n) is 0. The first-order chi connectivity index (χ1) is 2.27. The number of quaternary nitrogens is 1. The summed E-state index contributed by atoms with van der Waals surface area (Å²) in [4.78, 5) is 0. The maximum atomic E-state index is 9.24. The van der Waals surface area contributed by atoms with Crippen molar-refractivity contribution in [1.82, 2.24) is 0 Å². The second-order valence-corrected chi connectivity index (χ2v) is 0.992. The molecule has 0 aliphatic heterocycles. The lowest BCUT2D eigenvalue weighted by Gasteiger charge is -1.90. The van der Waals surface area contributed by atoms with Crippen LogP contribution in [0.4, 0.5) is 0 Å². The summed E-state index contributed by atoms with van der Waals surface area (Å²) in [6, 6.07) is 0. The summed E-state index contributed by atoms with van der Waals surface area (Å²) in [5.41, 5.74) is 5.08. The van der Waals surface area contributed by atoms with Gasteiger partial charge in [-0.2, -0.15) is 0 Å². The van der Waals surface area contributed by atoms with Gasteiger partial charge in [-0.25, -0.2) is 0 Å². The molecule has 0 spiro atoms. The van der Waals surface area contributed by atoms with E-state index in [4.69, 9.17) is 0 Å². The Labute approximate surface area is 40.2 Å². The smallest absolute Gasteiger partial charge is 0.263 e. The minimum Gasteiger partial charge on any atom is -0.629 e. The third-order valence-corrected chi connectivity index (χ3v) is 0.212. The van der Waals surface area contributed by atoms with Crippen molar-refractivity contribution in [3.63, 3.8) is 0 Å². The van der Waals surface area contributed by atoms with E-state index >= 15 is 0 Å². The average molecular weight is 110 g/mol. The topological polar surface area (TPSA) is 97.2 Å². The predicted octanol–water partition coefficient (Wildman–Crippen LogP) is -2.53. The minimum absolute atomic E-state index is 0. The second kappa shape index (κ2) is 4.77. The zero-order valence-electron chi connectivity index (χ0n) is 2.97. The summed E-state index contributed by atoms with van der Waals surface area (Å²) in [5.74, 6) is 0. The number of rotatable bonds is 0. The van der Waals surface area contributed by atoms with Gasteiger partial charge >= 0.3 is 0 Å². The standard InChI is InChI=1S/CH4N2OS.H2O/c2-1(5)3-4;/h3H2,(H2,2,5);1H2. The van der Waals surface area contributed by atoms with Gasteiger partial charge in [-0.1, -0.05) is 0 Å². The van der Waals surface area contributed by atoms with Crippen LogP contribution in [0.1, 0.15) is 0 Å². The second-order valence-electron chi connectivity index (χ2n) is 0.520. The third kappa shape index (κ3) is 9.23. The molecule has 0 saturated heterocycles. The molecule has 0 aromatic carbocycles. The third-order valence-electron chi connectivity index (χ3n) is 0.116. The van der Waals surface area contributed by atoms with E-state index in [1.807, 2.05) is 0 Å². The molecule has 0 aliphatic rings. The van der Waals surface area contributed by atoms with Gasteiger partial charge in [0.25, 0.3) is 5.11 Å². The first-order valence-electron chi connectivity index (χ1n) is 1.02. The molecule has 0 aliphatic carbocycles. The Kier molecular flexibility index (Phi) is 7.34. The number of hydrogen-bond donors (Lipinski definition) is 2. The normalized spacial score (nSPS) is 6.17. The van der Waals surface area contributed by atoms with Crippen LogP contribution in [0.5, 0.6) is 0 Å². The first-order valence-corrected chi connectivity index (χ1v) is 1.43. The molecule has 0 aromatic heterocycles. The number of nitrogens with two attached hydrogens (primary N) is 2. The molecule has 0 rings (SSSR count). The lowest BCUT2D eigenvalue weighted by Crippen LogP contribution is -2.83. The molecule has 6 N–H and O–H groups in total. The van der Waals surface area contributed by atoms with Crippen molar-refractivity contribution in [1.29, 1.82) is 0 Å². The molecule has 4 nitrogen and oxygen atoms in total. The fraction of sp³-hybridized carbons (Fsp3) is 0. The van der Waals surface area contributed by atoms with Crippen molar-refractivity contribution < 1.29 is 11.0 Å². The van der Waals surface area contributed by atoms with Gasteiger partial charge in [0.15, 0.2) is 0 Å². The van der Waals surface area contributed by atoms with Crippen molar-refractivity contribution in [2.45, 2.75) is 0 Å². The van der Waals surface area contributed by atoms with Gasteiger partial charge in [0.2, 0.25) is 0 Å². The molecule has 0 aromatic rings. The lowest BCUT2D eigenvalue weighted by molar-refractivity contribution is -0.460. The summed E-state index contributed by atoms with van der Waals surface area (Å²) in [7, 11) is 0. The highest BCUT2D eigenvalue weighted by molar-refractivity contribution is 7.79. The molecule has 5 heteroatoms. The van der Waals surface area contributed by atoms with Crippen molar-refractivity contribution >= 4 is 17.3 Å². The summed E-state index contributed by atoms with van der Waals surface area (Å²) >= 11 is 4.11. The zero-order chi connectivity index (χ0) is 4.28. The van der Waals surface area contributed by atoms with Crippen LogP contribution < -0.4 is 11.2 Å². The van der Waals surface area contributed by atoms with Gasteiger partial charge in [0.05, 0.1) is 0 Å². The molecule has 0 heterocycles. The van der Waals surface area contributed by atoms with Crippen LogP contribution in [0.3, 0.4) is 0 Å². The van der Waals surface area contributed by atoms with E-state index in [1.54, 1.807) is 0 Å². The Bertz CT molecular complexity index is 46.8. The van der Waals surface area contributed by atoms with Crippen LogP contribution in [0.2, 0.25) is 0 Å². The van der Waals surface area contributed by atoms with E-state index in [1.165, 1.54) is 0 Å². The molecule has 0 bridgehead atoms. The lowest BCUT2D eigenvalue weighted by atomic mass is 11.2. The molecule has 6 heavy (non-hydrogen) atoms. The molecule has 0 fully saturated rings. The minimum atomic E-state index is -0.0926. The van der Waals surface area contributed by atoms with E-state index in [9.17, 15) is 5.21 Å². The van der Waals surface area contributed by atoms with Crippen LogP contribution in [0, 0.1) is 5.21 Å². The Morgan fingerprint density at radius 2 is 2.00 bits per heavy atom. The molecule has 0 atom stereocenters. The SMILES string of the molecule is NC(=S)[NH2+][O-].O. The van der Waals surface area contributed by atoms with Crippen LogP contribution in [-0.4, -0.2) is 10.6 Å². The molecule has 38 valence electrons. The van der Waals surface area contributed by atoms with E-state index < -0.39 is 0 Å². The number of hydroxylamine groups is 1. The van der Waals surface area contributed by atoms with Gasteiger partial charge in [-0.3, -0.25) is 0 Å². The maximum absolute atomic E-state index is 9.24. The van der Waals surface area contributed by atoms with Gasteiger partial charge in [0, 0.05) is 12.2 Å². The van der Waals surface area contributed by atoms with Crippen LogP contribution in [-0.2, 0) is 0 Å². The number of thiocarbonyl (C=S) groups is 1. The molecule has 0 radical (unpaired) electrons. The summed E-state index contributed by atoms with van der Waals surface area (Å²) in [6.45, 7) is 0. The zero-order valence-corrected chi connectivity index (χ0v) is 3.79. The van der Waals surface area contributed by atoms with E-state index in [2.05, 4.69) is 18.0 Å². The average Bonchev–Trinajstić information content (AvgIpc) is 1.38. The van der Waals surface area contributed by atoms with Crippen molar-refractivity contribution in [2.75, 3.05) is 0 Å². The summed E-state index contributed by atoms with van der Waals surface area (Å²) < 4.78 is 0. The van der Waals surface area contributed by atoms with Crippen LogP contribution in [0.25, 0.3) is 0 Å². The van der Waals surface area contributed by atoms with Crippen molar-refractivity contribution in [2.24, 2.45) is 5.73 Å². The van der Waals surface area contributed by atoms with E-state index in [0.717, 1.165) is 0 Å².